The number of methoxy groups -OCH3 is 1. The van der Waals surface area contributed by atoms with Crippen molar-refractivity contribution in [2.24, 2.45) is 0 Å². The Kier molecular flexibility index (Phi) is 4.22. The van der Waals surface area contributed by atoms with Gasteiger partial charge in [0.25, 0.3) is 0 Å². The van der Waals surface area contributed by atoms with Crippen LogP contribution in [-0.4, -0.2) is 13.3 Å². The van der Waals surface area contributed by atoms with Gasteiger partial charge in [-0.15, -0.1) is 0 Å². The second-order valence-corrected chi connectivity index (χ2v) is 4.45. The van der Waals surface area contributed by atoms with E-state index in [0.717, 1.165) is 7.11 Å². The van der Waals surface area contributed by atoms with Gasteiger partial charge in [0.15, 0.2) is 0 Å². The Hall–Kier alpha value is -1.85. The summed E-state index contributed by atoms with van der Waals surface area (Å²) in [5.41, 5.74) is -2.42. The largest absolute Gasteiger partial charge is 0.435 e. The molecule has 0 unspecified atom stereocenters. The first kappa shape index (κ1) is 14.1. The van der Waals surface area contributed by atoms with Crippen LogP contribution >= 0.6 is 0 Å². The van der Waals surface area contributed by atoms with E-state index in [-0.39, 0.29) is 5.56 Å². The first-order chi connectivity index (χ1) is 10.4. The summed E-state index contributed by atoms with van der Waals surface area (Å²) in [4.78, 5) is 0. The smallest absolute Gasteiger partial charge is 0.352 e. The topological polar surface area (TPSA) is 21.3 Å². The van der Waals surface area contributed by atoms with Crippen molar-refractivity contribution in [3.63, 3.8) is 0 Å². The van der Waals surface area contributed by atoms with E-state index in [9.17, 15) is 13.2 Å². The summed E-state index contributed by atoms with van der Waals surface area (Å²) in [7, 11) is 0.977. The van der Waals surface area contributed by atoms with Crippen LogP contribution in [0.25, 0.3) is 0 Å². The van der Waals surface area contributed by atoms with E-state index in [1.54, 1.807) is 36.4 Å². The lowest BCUT2D eigenvalue weighted by atomic mass is 10.0. The van der Waals surface area contributed by atoms with Gasteiger partial charge in [-0.05, 0) is 5.56 Å². The number of halogens is 3. The standard InChI is InChI=1S/C16H16F3NO/c1-21-15(16(17,18)19,14-10-6-3-7-11-14)20-12-13-8-4-2-5-9-13/h2-11,20H,12H2,1H3/t15-/m1/s1/i12D/t12-,15-. The minimum Gasteiger partial charge on any atom is -0.352 e. The van der Waals surface area contributed by atoms with Gasteiger partial charge in [0.2, 0.25) is 5.72 Å². The number of alkyl halides is 3. The van der Waals surface area contributed by atoms with Crippen LogP contribution in [0.1, 0.15) is 12.5 Å². The third-order valence-corrected chi connectivity index (χ3v) is 3.13. The van der Waals surface area contributed by atoms with Gasteiger partial charge in [-0.1, -0.05) is 60.7 Å². The molecule has 1 N–H and O–H groups in total. The fourth-order valence-corrected chi connectivity index (χ4v) is 2.03. The van der Waals surface area contributed by atoms with E-state index < -0.39 is 18.4 Å². The zero-order valence-electron chi connectivity index (χ0n) is 12.4. The molecule has 2 aromatic carbocycles. The van der Waals surface area contributed by atoms with E-state index in [0.29, 0.717) is 5.56 Å². The Morgan fingerprint density at radius 2 is 1.52 bits per heavy atom. The highest BCUT2D eigenvalue weighted by Gasteiger charge is 2.56. The monoisotopic (exact) mass is 296 g/mol. The molecule has 5 heteroatoms. The molecule has 2 nitrogen and oxygen atoms in total. The Bertz CT molecular complexity index is 591. The van der Waals surface area contributed by atoms with E-state index in [2.05, 4.69) is 5.32 Å². The summed E-state index contributed by atoms with van der Waals surface area (Å²) in [5.74, 6) is 0. The molecule has 0 aliphatic heterocycles. The third kappa shape index (κ3) is 3.25. The highest BCUT2D eigenvalue weighted by molar-refractivity contribution is 5.25. The highest BCUT2D eigenvalue weighted by Crippen LogP contribution is 2.39. The second-order valence-electron chi connectivity index (χ2n) is 4.45. The van der Waals surface area contributed by atoms with Gasteiger partial charge in [-0.25, -0.2) is 0 Å². The number of nitrogens with one attached hydrogen (secondary N) is 1. The molecular weight excluding hydrogens is 279 g/mol. The molecule has 0 fully saturated rings. The van der Waals surface area contributed by atoms with Crippen LogP contribution in [0.2, 0.25) is 0 Å². The maximum Gasteiger partial charge on any atom is 0.435 e. The number of hydrogen-bond acceptors (Lipinski definition) is 2. The predicted octanol–water partition coefficient (Wildman–Crippen LogP) is 3.84. The fraction of sp³-hybridized carbons (Fsp3) is 0.250. The average Bonchev–Trinajstić information content (AvgIpc) is 2.53. The molecule has 0 saturated carbocycles. The van der Waals surface area contributed by atoms with Crippen molar-refractivity contribution in [3.8, 4) is 0 Å². The van der Waals surface area contributed by atoms with Crippen molar-refractivity contribution >= 4 is 0 Å². The van der Waals surface area contributed by atoms with Gasteiger partial charge in [0.1, 0.15) is 0 Å². The molecule has 112 valence electrons. The molecule has 0 spiro atoms. The van der Waals surface area contributed by atoms with Gasteiger partial charge in [-0.2, -0.15) is 13.2 Å². The number of hydrogen-bond donors (Lipinski definition) is 1. The van der Waals surface area contributed by atoms with Crippen LogP contribution in [0.3, 0.4) is 0 Å². The predicted molar refractivity (Wildman–Crippen MR) is 74.5 cm³/mol. The van der Waals surface area contributed by atoms with Crippen LogP contribution in [0, 0.1) is 0 Å². The third-order valence-electron chi connectivity index (χ3n) is 3.13. The van der Waals surface area contributed by atoms with Crippen LogP contribution in [0.4, 0.5) is 13.2 Å². The summed E-state index contributed by atoms with van der Waals surface area (Å²) in [6.07, 6.45) is -4.73. The summed E-state index contributed by atoms with van der Waals surface area (Å²) in [6, 6.07) is 15.5. The SMILES string of the molecule is [2H][C@@H](N[C@@](OC)(c1ccccc1)C(F)(F)F)c1ccccc1. The average molecular weight is 296 g/mol. The lowest BCUT2D eigenvalue weighted by Crippen LogP contribution is -2.55. The summed E-state index contributed by atoms with van der Waals surface area (Å²) < 4.78 is 53.8. The molecule has 2 aromatic rings. The van der Waals surface area contributed by atoms with Crippen molar-refractivity contribution in [2.75, 3.05) is 7.11 Å². The molecule has 0 heterocycles. The van der Waals surface area contributed by atoms with Gasteiger partial charge >= 0.3 is 6.18 Å². The normalized spacial score (nSPS) is 16.9. The minimum atomic E-state index is -4.73. The molecule has 0 saturated heterocycles. The fourth-order valence-electron chi connectivity index (χ4n) is 2.03. The van der Waals surface area contributed by atoms with Crippen LogP contribution in [-0.2, 0) is 17.0 Å². The molecular formula is C16H16F3NO. The Balaban J connectivity index is 2.42. The van der Waals surface area contributed by atoms with Gasteiger partial charge < -0.3 is 4.74 Å². The molecule has 2 rings (SSSR count). The molecule has 0 bridgehead atoms. The zero-order valence-corrected chi connectivity index (χ0v) is 11.4. The van der Waals surface area contributed by atoms with E-state index in [1.807, 2.05) is 0 Å². The molecule has 0 amide bonds. The Morgan fingerprint density at radius 3 is 2.00 bits per heavy atom. The summed E-state index contributed by atoms with van der Waals surface area (Å²) in [6.45, 7) is -1.29. The highest BCUT2D eigenvalue weighted by atomic mass is 19.4. The number of benzene rings is 2. The first-order valence-corrected chi connectivity index (χ1v) is 6.33. The lowest BCUT2D eigenvalue weighted by molar-refractivity contribution is -0.291. The molecule has 0 aliphatic carbocycles. The van der Waals surface area contributed by atoms with Gasteiger partial charge in [-0.3, -0.25) is 5.32 Å². The van der Waals surface area contributed by atoms with E-state index in [4.69, 9.17) is 6.11 Å². The van der Waals surface area contributed by atoms with E-state index in [1.165, 1.54) is 24.3 Å². The maximum absolute atomic E-state index is 13.7. The van der Waals surface area contributed by atoms with Crippen molar-refractivity contribution < 1.29 is 19.3 Å². The Labute approximate surface area is 123 Å². The quantitative estimate of drug-likeness (QED) is 0.847. The Morgan fingerprint density at radius 1 is 1.00 bits per heavy atom. The van der Waals surface area contributed by atoms with Crippen molar-refractivity contribution in [1.29, 1.82) is 0 Å². The van der Waals surface area contributed by atoms with E-state index >= 15 is 0 Å². The number of rotatable bonds is 5. The second kappa shape index (κ2) is 6.28. The lowest BCUT2D eigenvalue weighted by Gasteiger charge is -2.35. The molecule has 0 aliphatic rings. The molecule has 2 atom stereocenters. The zero-order chi connectivity index (χ0) is 16.2. The van der Waals surface area contributed by atoms with Crippen LogP contribution < -0.4 is 5.32 Å². The number of ether oxygens (including phenoxy) is 1. The van der Waals surface area contributed by atoms with Gasteiger partial charge in [0.05, 0.1) is 0 Å². The molecule has 21 heavy (non-hydrogen) atoms. The molecule has 0 aromatic heterocycles. The van der Waals surface area contributed by atoms with Crippen molar-refractivity contribution in [2.45, 2.75) is 18.4 Å². The molecule has 0 radical (unpaired) electrons. The minimum absolute atomic E-state index is 0.0989. The van der Waals surface area contributed by atoms with Crippen molar-refractivity contribution in [3.05, 3.63) is 71.8 Å². The van der Waals surface area contributed by atoms with Crippen LogP contribution in [0.5, 0.6) is 0 Å². The summed E-state index contributed by atoms with van der Waals surface area (Å²) in [5, 5.41) is 2.27. The first-order valence-electron chi connectivity index (χ1n) is 6.91. The van der Waals surface area contributed by atoms with Crippen LogP contribution in [0.15, 0.2) is 60.7 Å². The maximum atomic E-state index is 13.7. The van der Waals surface area contributed by atoms with Gasteiger partial charge in [0, 0.05) is 20.6 Å². The summed E-state index contributed by atoms with van der Waals surface area (Å²) >= 11 is 0. The van der Waals surface area contributed by atoms with Crippen molar-refractivity contribution in [1.82, 2.24) is 5.32 Å².